The fourth-order valence-corrected chi connectivity index (χ4v) is 1.68. The van der Waals surface area contributed by atoms with Crippen molar-refractivity contribution in [3.8, 4) is 11.5 Å². The zero-order valence-corrected chi connectivity index (χ0v) is 11.0. The van der Waals surface area contributed by atoms with E-state index in [4.69, 9.17) is 9.84 Å². The summed E-state index contributed by atoms with van der Waals surface area (Å²) >= 11 is 0. The molecule has 2 N–H and O–H groups in total. The maximum Gasteiger partial charge on any atom is 0.387 e. The number of rotatable bonds is 8. The fourth-order valence-electron chi connectivity index (χ4n) is 1.68. The standard InChI is InChI=1S/C13H19F2NO3/c1-3-10(8-17)16-7-9-5-4-6-11(18-2)12(9)19-13(14)15/h4-6,10,13,16-17H,3,7-8H2,1-2H3. The van der Waals surface area contributed by atoms with Gasteiger partial charge in [-0.1, -0.05) is 19.1 Å². The molecule has 0 spiro atoms. The van der Waals surface area contributed by atoms with Gasteiger partial charge in [-0.3, -0.25) is 0 Å². The second-order valence-electron chi connectivity index (χ2n) is 4.00. The van der Waals surface area contributed by atoms with Gasteiger partial charge < -0.3 is 19.9 Å². The molecule has 4 nitrogen and oxygen atoms in total. The van der Waals surface area contributed by atoms with E-state index in [2.05, 4.69) is 10.1 Å². The highest BCUT2D eigenvalue weighted by Crippen LogP contribution is 2.32. The monoisotopic (exact) mass is 275 g/mol. The molecule has 0 aromatic heterocycles. The number of alkyl halides is 2. The van der Waals surface area contributed by atoms with Gasteiger partial charge in [0.05, 0.1) is 13.7 Å². The Morgan fingerprint density at radius 1 is 1.37 bits per heavy atom. The Labute approximate surface area is 111 Å². The lowest BCUT2D eigenvalue weighted by molar-refractivity contribution is -0.0519. The van der Waals surface area contributed by atoms with Crippen molar-refractivity contribution in [2.45, 2.75) is 32.5 Å². The summed E-state index contributed by atoms with van der Waals surface area (Å²) < 4.78 is 34.3. The van der Waals surface area contributed by atoms with Crippen LogP contribution in [-0.4, -0.2) is 31.5 Å². The summed E-state index contributed by atoms with van der Waals surface area (Å²) in [5, 5.41) is 12.2. The number of aliphatic hydroxyl groups is 1. The second-order valence-corrected chi connectivity index (χ2v) is 4.00. The quantitative estimate of drug-likeness (QED) is 0.763. The van der Waals surface area contributed by atoms with Gasteiger partial charge in [0.25, 0.3) is 0 Å². The third kappa shape index (κ3) is 4.65. The van der Waals surface area contributed by atoms with Gasteiger partial charge in [0, 0.05) is 18.2 Å². The van der Waals surface area contributed by atoms with Crippen LogP contribution in [0.5, 0.6) is 11.5 Å². The van der Waals surface area contributed by atoms with Crippen LogP contribution in [0.25, 0.3) is 0 Å². The number of hydrogen-bond donors (Lipinski definition) is 2. The van der Waals surface area contributed by atoms with Crippen LogP contribution in [0.3, 0.4) is 0 Å². The Morgan fingerprint density at radius 3 is 2.63 bits per heavy atom. The number of benzene rings is 1. The molecule has 6 heteroatoms. The number of para-hydroxylation sites is 1. The zero-order chi connectivity index (χ0) is 14.3. The Morgan fingerprint density at radius 2 is 2.11 bits per heavy atom. The van der Waals surface area contributed by atoms with Crippen LogP contribution in [0.1, 0.15) is 18.9 Å². The predicted molar refractivity (Wildman–Crippen MR) is 67.6 cm³/mol. The molecule has 0 saturated carbocycles. The van der Waals surface area contributed by atoms with Crippen LogP contribution < -0.4 is 14.8 Å². The first kappa shape index (κ1) is 15.7. The van der Waals surface area contributed by atoms with Crippen LogP contribution in [0.2, 0.25) is 0 Å². The normalized spacial score (nSPS) is 12.5. The van der Waals surface area contributed by atoms with E-state index in [1.165, 1.54) is 7.11 Å². The van der Waals surface area contributed by atoms with Gasteiger partial charge in [-0.2, -0.15) is 8.78 Å². The molecule has 1 aromatic rings. The second kappa shape index (κ2) is 7.91. The molecule has 0 amide bonds. The summed E-state index contributed by atoms with van der Waals surface area (Å²) in [6.45, 7) is -0.672. The van der Waals surface area contributed by atoms with Gasteiger partial charge in [0.1, 0.15) is 0 Å². The summed E-state index contributed by atoms with van der Waals surface area (Å²) in [7, 11) is 1.40. The van der Waals surface area contributed by atoms with Crippen LogP contribution in [0.15, 0.2) is 18.2 Å². The van der Waals surface area contributed by atoms with Gasteiger partial charge in [-0.05, 0) is 12.5 Å². The Bertz CT molecular complexity index is 384. The van der Waals surface area contributed by atoms with Crippen molar-refractivity contribution in [1.29, 1.82) is 0 Å². The lowest BCUT2D eigenvalue weighted by Crippen LogP contribution is -2.31. The zero-order valence-electron chi connectivity index (χ0n) is 11.0. The molecule has 1 unspecified atom stereocenters. The molecule has 108 valence electrons. The predicted octanol–water partition coefficient (Wildman–Crippen LogP) is 2.16. The van der Waals surface area contributed by atoms with E-state index in [-0.39, 0.29) is 24.1 Å². The molecule has 0 aliphatic rings. The summed E-state index contributed by atoms with van der Waals surface area (Å²) in [4.78, 5) is 0. The van der Waals surface area contributed by atoms with E-state index in [0.717, 1.165) is 6.42 Å². The molecule has 1 rings (SSSR count). The summed E-state index contributed by atoms with van der Waals surface area (Å²) in [6.07, 6.45) is 0.742. The molecule has 0 aliphatic heterocycles. The Balaban J connectivity index is 2.86. The molecule has 0 radical (unpaired) electrons. The molecule has 0 fully saturated rings. The SMILES string of the molecule is CCC(CO)NCc1cccc(OC)c1OC(F)F. The third-order valence-corrected chi connectivity index (χ3v) is 2.78. The number of halogens is 2. The summed E-state index contributed by atoms with van der Waals surface area (Å²) in [6, 6.07) is 4.86. The Kier molecular flexibility index (Phi) is 6.52. The van der Waals surface area contributed by atoms with Crippen molar-refractivity contribution in [1.82, 2.24) is 5.32 Å². The molecule has 1 aromatic carbocycles. The molecular formula is C13H19F2NO3. The van der Waals surface area contributed by atoms with Gasteiger partial charge in [0.2, 0.25) is 0 Å². The van der Waals surface area contributed by atoms with Crippen molar-refractivity contribution in [3.05, 3.63) is 23.8 Å². The van der Waals surface area contributed by atoms with Crippen LogP contribution in [-0.2, 0) is 6.54 Å². The van der Waals surface area contributed by atoms with Crippen LogP contribution in [0, 0.1) is 0 Å². The molecule has 19 heavy (non-hydrogen) atoms. The molecule has 0 aliphatic carbocycles. The Hall–Kier alpha value is -1.40. The number of nitrogens with one attached hydrogen (secondary N) is 1. The van der Waals surface area contributed by atoms with Crippen LogP contribution >= 0.6 is 0 Å². The maximum absolute atomic E-state index is 12.4. The van der Waals surface area contributed by atoms with Crippen LogP contribution in [0.4, 0.5) is 8.78 Å². The molecular weight excluding hydrogens is 256 g/mol. The van der Waals surface area contributed by atoms with Crippen molar-refractivity contribution < 1.29 is 23.4 Å². The van der Waals surface area contributed by atoms with E-state index < -0.39 is 6.61 Å². The average Bonchev–Trinajstić information content (AvgIpc) is 2.40. The highest BCUT2D eigenvalue weighted by atomic mass is 19.3. The van der Waals surface area contributed by atoms with Gasteiger partial charge >= 0.3 is 6.61 Å². The first-order valence-corrected chi connectivity index (χ1v) is 6.07. The maximum atomic E-state index is 12.4. The highest BCUT2D eigenvalue weighted by molar-refractivity contribution is 5.46. The van der Waals surface area contributed by atoms with Crippen molar-refractivity contribution in [2.24, 2.45) is 0 Å². The molecule has 0 heterocycles. The summed E-state index contributed by atoms with van der Waals surface area (Å²) in [5.41, 5.74) is 0.562. The van der Waals surface area contributed by atoms with Gasteiger partial charge in [-0.25, -0.2) is 0 Å². The minimum absolute atomic E-state index is 0.00843. The topological polar surface area (TPSA) is 50.7 Å². The molecule has 0 saturated heterocycles. The number of methoxy groups -OCH3 is 1. The average molecular weight is 275 g/mol. The van der Waals surface area contributed by atoms with Crippen molar-refractivity contribution in [2.75, 3.05) is 13.7 Å². The number of aliphatic hydroxyl groups excluding tert-OH is 1. The largest absolute Gasteiger partial charge is 0.493 e. The lowest BCUT2D eigenvalue weighted by atomic mass is 10.1. The first-order valence-electron chi connectivity index (χ1n) is 6.07. The van der Waals surface area contributed by atoms with E-state index in [1.807, 2.05) is 6.92 Å². The van der Waals surface area contributed by atoms with E-state index in [1.54, 1.807) is 18.2 Å². The minimum Gasteiger partial charge on any atom is -0.493 e. The highest BCUT2D eigenvalue weighted by Gasteiger charge is 2.15. The van der Waals surface area contributed by atoms with Gasteiger partial charge in [-0.15, -0.1) is 0 Å². The fraction of sp³-hybridized carbons (Fsp3) is 0.538. The minimum atomic E-state index is -2.91. The van der Waals surface area contributed by atoms with Gasteiger partial charge in [0.15, 0.2) is 11.5 Å². The lowest BCUT2D eigenvalue weighted by Gasteiger charge is -2.17. The van der Waals surface area contributed by atoms with E-state index >= 15 is 0 Å². The van der Waals surface area contributed by atoms with Crippen molar-refractivity contribution in [3.63, 3.8) is 0 Å². The van der Waals surface area contributed by atoms with Crippen molar-refractivity contribution >= 4 is 0 Å². The summed E-state index contributed by atoms with van der Waals surface area (Å²) in [5.74, 6) is 0.289. The van der Waals surface area contributed by atoms with E-state index in [0.29, 0.717) is 12.1 Å². The van der Waals surface area contributed by atoms with E-state index in [9.17, 15) is 8.78 Å². The number of hydrogen-bond acceptors (Lipinski definition) is 4. The first-order chi connectivity index (χ1) is 9.12. The third-order valence-electron chi connectivity index (χ3n) is 2.78. The number of ether oxygens (including phenoxy) is 2. The smallest absolute Gasteiger partial charge is 0.387 e. The molecule has 1 atom stereocenters. The molecule has 0 bridgehead atoms.